The van der Waals surface area contributed by atoms with Gasteiger partial charge in [0.25, 0.3) is 0 Å². The van der Waals surface area contributed by atoms with Crippen LogP contribution < -0.4 is 16.4 Å². The minimum absolute atomic E-state index is 0.0928. The van der Waals surface area contributed by atoms with E-state index in [1.165, 1.54) is 12.1 Å². The number of thiol groups is 1. The standard InChI is InChI=1S/C23H25IN4O4S/c24-21(30)19(10-14-11-26-18-4-2-1-3-16(14)18)27-23(32)20(28-22(31)17(25)12-33)9-13-5-7-15(29)8-6-13/h1-8,11,17,19-20,26,29,33H,9-10,12,25H2,(H,27,32)(H,28,31)/t17-,19+,20-/m0/s1. The van der Waals surface area contributed by atoms with Crippen molar-refractivity contribution in [2.45, 2.75) is 31.0 Å². The number of hydrogen-bond acceptors (Lipinski definition) is 6. The highest BCUT2D eigenvalue weighted by Gasteiger charge is 2.28. The molecule has 0 unspecified atom stereocenters. The van der Waals surface area contributed by atoms with Gasteiger partial charge in [0.1, 0.15) is 17.8 Å². The third-order valence-corrected chi connectivity index (χ3v) is 6.38. The van der Waals surface area contributed by atoms with Gasteiger partial charge in [-0.05, 0) is 29.3 Å². The maximum absolute atomic E-state index is 13.2. The molecule has 0 aliphatic carbocycles. The third kappa shape index (κ3) is 6.71. The highest BCUT2D eigenvalue weighted by atomic mass is 127. The molecular weight excluding hydrogens is 555 g/mol. The van der Waals surface area contributed by atoms with E-state index in [2.05, 4.69) is 28.2 Å². The van der Waals surface area contributed by atoms with Crippen molar-refractivity contribution in [3.63, 3.8) is 0 Å². The van der Waals surface area contributed by atoms with Crippen LogP contribution in [0, 0.1) is 0 Å². The number of aromatic amines is 1. The van der Waals surface area contributed by atoms with Gasteiger partial charge < -0.3 is 26.5 Å². The molecule has 0 saturated heterocycles. The summed E-state index contributed by atoms with van der Waals surface area (Å²) in [5.74, 6) is -0.805. The smallest absolute Gasteiger partial charge is 0.243 e. The molecule has 2 amide bonds. The Morgan fingerprint density at radius 2 is 1.67 bits per heavy atom. The fourth-order valence-corrected chi connectivity index (χ4v) is 3.96. The highest BCUT2D eigenvalue weighted by Crippen LogP contribution is 2.20. The van der Waals surface area contributed by atoms with Crippen LogP contribution in [0.1, 0.15) is 11.1 Å². The van der Waals surface area contributed by atoms with E-state index in [-0.39, 0.29) is 21.7 Å². The van der Waals surface area contributed by atoms with E-state index < -0.39 is 29.9 Å². The molecule has 1 aromatic heterocycles. The molecule has 3 atom stereocenters. The number of benzene rings is 2. The molecule has 2 aromatic carbocycles. The predicted octanol–water partition coefficient (Wildman–Crippen LogP) is 1.85. The first kappa shape index (κ1) is 25.1. The average Bonchev–Trinajstić information content (AvgIpc) is 3.21. The van der Waals surface area contributed by atoms with Gasteiger partial charge in [-0.15, -0.1) is 0 Å². The lowest BCUT2D eigenvalue weighted by Gasteiger charge is -2.23. The van der Waals surface area contributed by atoms with E-state index in [4.69, 9.17) is 5.73 Å². The number of amides is 2. The number of fused-ring (bicyclic) bond motifs is 1. The van der Waals surface area contributed by atoms with Gasteiger partial charge in [-0.25, -0.2) is 0 Å². The number of rotatable bonds is 10. The lowest BCUT2D eigenvalue weighted by atomic mass is 10.0. The normalized spacial score (nSPS) is 13.8. The second-order valence-electron chi connectivity index (χ2n) is 7.65. The largest absolute Gasteiger partial charge is 0.508 e. The number of carbonyl (C=O) groups is 3. The zero-order valence-corrected chi connectivity index (χ0v) is 20.7. The topological polar surface area (TPSA) is 137 Å². The maximum atomic E-state index is 13.2. The number of phenolic OH excluding ortho intramolecular Hbond substituents is 1. The van der Waals surface area contributed by atoms with Crippen LogP contribution in [0.15, 0.2) is 54.7 Å². The molecule has 0 radical (unpaired) electrons. The van der Waals surface area contributed by atoms with Crippen LogP contribution in [0.4, 0.5) is 0 Å². The first-order valence-corrected chi connectivity index (χ1v) is 12.0. The molecule has 0 aliphatic heterocycles. The van der Waals surface area contributed by atoms with Gasteiger partial charge >= 0.3 is 0 Å². The van der Waals surface area contributed by atoms with E-state index in [0.717, 1.165) is 22.0 Å². The monoisotopic (exact) mass is 580 g/mol. The zero-order chi connectivity index (χ0) is 24.0. The lowest BCUT2D eigenvalue weighted by Crippen LogP contribution is -2.55. The Hall–Kier alpha value is -2.57. The van der Waals surface area contributed by atoms with Crippen LogP contribution >= 0.6 is 35.2 Å². The molecule has 33 heavy (non-hydrogen) atoms. The van der Waals surface area contributed by atoms with E-state index in [1.54, 1.807) is 34.7 Å². The molecule has 0 fully saturated rings. The number of para-hydroxylation sites is 1. The van der Waals surface area contributed by atoms with Gasteiger partial charge in [0.05, 0.1) is 6.04 Å². The molecule has 10 heteroatoms. The summed E-state index contributed by atoms with van der Waals surface area (Å²) in [5, 5.41) is 15.9. The van der Waals surface area contributed by atoms with Crippen LogP contribution in [0.3, 0.4) is 0 Å². The molecule has 6 N–H and O–H groups in total. The molecule has 0 saturated carbocycles. The zero-order valence-electron chi connectivity index (χ0n) is 17.6. The summed E-state index contributed by atoms with van der Waals surface area (Å²) >= 11 is 5.71. The fourth-order valence-electron chi connectivity index (χ4n) is 3.42. The van der Waals surface area contributed by atoms with Crippen LogP contribution in [0.25, 0.3) is 10.9 Å². The second kappa shape index (κ2) is 11.5. The summed E-state index contributed by atoms with van der Waals surface area (Å²) in [6, 6.07) is 11.4. The van der Waals surface area contributed by atoms with Crippen molar-refractivity contribution in [3.05, 3.63) is 65.9 Å². The van der Waals surface area contributed by atoms with Gasteiger partial charge in [0.15, 0.2) is 0 Å². The fraction of sp³-hybridized carbons (Fsp3) is 0.261. The van der Waals surface area contributed by atoms with Crippen LogP contribution in [0.2, 0.25) is 0 Å². The van der Waals surface area contributed by atoms with Crippen molar-refractivity contribution in [2.75, 3.05) is 5.75 Å². The van der Waals surface area contributed by atoms with Crippen molar-refractivity contribution in [3.8, 4) is 5.75 Å². The lowest BCUT2D eigenvalue weighted by molar-refractivity contribution is -0.130. The Bertz CT molecular complexity index is 1130. The summed E-state index contributed by atoms with van der Waals surface area (Å²) in [6.07, 6.45) is 2.28. The summed E-state index contributed by atoms with van der Waals surface area (Å²) in [4.78, 5) is 41.1. The molecule has 8 nitrogen and oxygen atoms in total. The Balaban J connectivity index is 1.79. The van der Waals surface area contributed by atoms with E-state index >= 15 is 0 Å². The van der Waals surface area contributed by atoms with Gasteiger partial charge in [0.2, 0.25) is 15.6 Å². The number of nitrogens with two attached hydrogens (primary N) is 1. The molecule has 0 spiro atoms. The van der Waals surface area contributed by atoms with Gasteiger partial charge in [-0.1, -0.05) is 30.3 Å². The van der Waals surface area contributed by atoms with Crippen LogP contribution in [-0.4, -0.2) is 49.6 Å². The van der Waals surface area contributed by atoms with Crippen LogP contribution in [-0.2, 0) is 27.2 Å². The van der Waals surface area contributed by atoms with Crippen LogP contribution in [0.5, 0.6) is 5.75 Å². The Labute approximate surface area is 210 Å². The number of halogens is 1. The molecule has 0 bridgehead atoms. The minimum Gasteiger partial charge on any atom is -0.508 e. The summed E-state index contributed by atoms with van der Waals surface area (Å²) in [5.41, 5.74) is 8.32. The number of H-pyrrole nitrogens is 1. The van der Waals surface area contributed by atoms with Gasteiger partial charge in [0, 0.05) is 58.3 Å². The minimum atomic E-state index is -0.964. The molecule has 1 heterocycles. The number of hydrogen-bond donors (Lipinski definition) is 6. The van der Waals surface area contributed by atoms with Crippen molar-refractivity contribution in [1.29, 1.82) is 0 Å². The second-order valence-corrected chi connectivity index (χ2v) is 9.08. The van der Waals surface area contributed by atoms with Gasteiger partial charge in [-0.2, -0.15) is 12.6 Å². The average molecular weight is 580 g/mol. The van der Waals surface area contributed by atoms with Crippen molar-refractivity contribution < 1.29 is 19.5 Å². The Morgan fingerprint density at radius 3 is 2.33 bits per heavy atom. The van der Waals surface area contributed by atoms with Gasteiger partial charge in [-0.3, -0.25) is 14.4 Å². The number of aromatic hydroxyl groups is 1. The Kier molecular flexibility index (Phi) is 8.75. The highest BCUT2D eigenvalue weighted by molar-refractivity contribution is 14.1. The molecule has 3 rings (SSSR count). The number of nitrogens with one attached hydrogen (secondary N) is 3. The molecule has 0 aliphatic rings. The molecule has 174 valence electrons. The summed E-state index contributed by atoms with van der Waals surface area (Å²) in [6.45, 7) is 0. The molecular formula is C23H25IN4O4S. The van der Waals surface area contributed by atoms with E-state index in [9.17, 15) is 19.5 Å². The van der Waals surface area contributed by atoms with E-state index in [1.807, 2.05) is 30.5 Å². The summed E-state index contributed by atoms with van der Waals surface area (Å²) < 4.78 is -0.229. The number of carbonyl (C=O) groups excluding carboxylic acids is 3. The van der Waals surface area contributed by atoms with Crippen molar-refractivity contribution in [2.24, 2.45) is 5.73 Å². The number of aromatic nitrogens is 1. The quantitative estimate of drug-likeness (QED) is 0.124. The summed E-state index contributed by atoms with van der Waals surface area (Å²) in [7, 11) is 0. The first-order chi connectivity index (χ1) is 15.8. The SMILES string of the molecule is N[C@@H](CS)C(=O)N[C@@H](Cc1ccc(O)cc1)C(=O)N[C@H](Cc1c[nH]c2ccccc12)C(=O)I. The number of phenols is 1. The molecule has 3 aromatic rings. The Morgan fingerprint density at radius 1 is 1.00 bits per heavy atom. The van der Waals surface area contributed by atoms with Crippen molar-refractivity contribution in [1.82, 2.24) is 15.6 Å². The first-order valence-electron chi connectivity index (χ1n) is 10.3. The van der Waals surface area contributed by atoms with E-state index in [0.29, 0.717) is 6.42 Å². The predicted molar refractivity (Wildman–Crippen MR) is 139 cm³/mol. The van der Waals surface area contributed by atoms with Crippen molar-refractivity contribution >= 4 is 61.7 Å². The maximum Gasteiger partial charge on any atom is 0.243 e. The third-order valence-electron chi connectivity index (χ3n) is 5.23.